The molecule has 0 spiro atoms. The molecule has 0 radical (unpaired) electrons. The van der Waals surface area contributed by atoms with Gasteiger partial charge in [-0.05, 0) is 18.0 Å². The van der Waals surface area contributed by atoms with Crippen LogP contribution in [0.1, 0.15) is 11.3 Å². The molecule has 5 heteroatoms. The van der Waals surface area contributed by atoms with Crippen molar-refractivity contribution in [1.29, 1.82) is 0 Å². The Bertz CT molecular complexity index is 296. The van der Waals surface area contributed by atoms with Crippen molar-refractivity contribution in [2.45, 2.75) is 13.0 Å². The molecule has 0 aliphatic carbocycles. The zero-order valence-electron chi connectivity index (χ0n) is 7.11. The zero-order valence-corrected chi connectivity index (χ0v) is 7.93. The van der Waals surface area contributed by atoms with Crippen molar-refractivity contribution >= 4 is 11.5 Å². The molecule has 2 heterocycles. The molecule has 1 aromatic rings. The molecular formula is C8H10FN3S. The number of hydrogen-bond acceptors (Lipinski definition) is 4. The third kappa shape index (κ3) is 2.32. The Morgan fingerprint density at radius 2 is 2.54 bits per heavy atom. The van der Waals surface area contributed by atoms with Gasteiger partial charge in [0.2, 0.25) is 0 Å². The number of hydrogen-bond donors (Lipinski definition) is 0. The standard InChI is InChI=1S/C8H10FN3S/c9-7-2-1-3-12(5-7)6-8-4-10-11-13-8/h2,4H,1,3,5-6H2. The molecule has 0 fully saturated rings. The van der Waals surface area contributed by atoms with Crippen LogP contribution in [0.2, 0.25) is 0 Å². The summed E-state index contributed by atoms with van der Waals surface area (Å²) in [6, 6.07) is 0. The number of halogens is 1. The Morgan fingerprint density at radius 1 is 1.62 bits per heavy atom. The van der Waals surface area contributed by atoms with Crippen molar-refractivity contribution in [3.8, 4) is 0 Å². The average molecular weight is 199 g/mol. The predicted octanol–water partition coefficient (Wildman–Crippen LogP) is 1.60. The highest BCUT2D eigenvalue weighted by molar-refractivity contribution is 7.05. The van der Waals surface area contributed by atoms with E-state index in [0.717, 1.165) is 24.4 Å². The molecule has 0 atom stereocenters. The van der Waals surface area contributed by atoms with Gasteiger partial charge in [-0.15, -0.1) is 5.10 Å². The fourth-order valence-electron chi connectivity index (χ4n) is 1.37. The summed E-state index contributed by atoms with van der Waals surface area (Å²) in [6.45, 7) is 2.11. The minimum absolute atomic E-state index is 0.0243. The van der Waals surface area contributed by atoms with Crippen molar-refractivity contribution in [3.05, 3.63) is 23.0 Å². The van der Waals surface area contributed by atoms with Crippen LogP contribution in [0.4, 0.5) is 4.39 Å². The maximum absolute atomic E-state index is 12.9. The lowest BCUT2D eigenvalue weighted by atomic mass is 10.2. The van der Waals surface area contributed by atoms with E-state index in [1.54, 1.807) is 12.3 Å². The van der Waals surface area contributed by atoms with Gasteiger partial charge in [0.1, 0.15) is 5.83 Å². The van der Waals surface area contributed by atoms with E-state index in [-0.39, 0.29) is 5.83 Å². The van der Waals surface area contributed by atoms with Gasteiger partial charge in [0, 0.05) is 13.1 Å². The molecule has 0 unspecified atom stereocenters. The Labute approximate surface area is 80.0 Å². The first-order valence-electron chi connectivity index (χ1n) is 4.18. The van der Waals surface area contributed by atoms with Gasteiger partial charge in [-0.1, -0.05) is 10.6 Å². The minimum atomic E-state index is -0.0243. The van der Waals surface area contributed by atoms with E-state index in [0.29, 0.717) is 6.54 Å². The summed E-state index contributed by atoms with van der Waals surface area (Å²) in [4.78, 5) is 3.15. The van der Waals surface area contributed by atoms with Gasteiger partial charge in [0.05, 0.1) is 17.6 Å². The molecule has 0 bridgehead atoms. The Kier molecular flexibility index (Phi) is 2.65. The number of aromatic nitrogens is 2. The third-order valence-corrected chi connectivity index (χ3v) is 2.62. The molecule has 0 saturated carbocycles. The number of rotatable bonds is 2. The van der Waals surface area contributed by atoms with Crippen LogP contribution in [0.15, 0.2) is 18.1 Å². The number of nitrogens with zero attached hydrogens (tertiary/aromatic N) is 3. The van der Waals surface area contributed by atoms with E-state index in [1.807, 2.05) is 0 Å². The summed E-state index contributed by atoms with van der Waals surface area (Å²) in [7, 11) is 0. The van der Waals surface area contributed by atoms with Gasteiger partial charge < -0.3 is 0 Å². The van der Waals surface area contributed by atoms with Gasteiger partial charge in [-0.3, -0.25) is 4.90 Å². The highest BCUT2D eigenvalue weighted by Gasteiger charge is 2.13. The van der Waals surface area contributed by atoms with E-state index >= 15 is 0 Å². The summed E-state index contributed by atoms with van der Waals surface area (Å²) in [6.07, 6.45) is 4.19. The Hall–Kier alpha value is -0.810. The van der Waals surface area contributed by atoms with Crippen molar-refractivity contribution in [1.82, 2.24) is 14.5 Å². The van der Waals surface area contributed by atoms with Crippen LogP contribution in [0.25, 0.3) is 0 Å². The molecule has 0 saturated heterocycles. The van der Waals surface area contributed by atoms with Crippen LogP contribution in [-0.2, 0) is 6.54 Å². The molecule has 1 aromatic heterocycles. The summed E-state index contributed by atoms with van der Waals surface area (Å²) < 4.78 is 16.6. The van der Waals surface area contributed by atoms with Crippen LogP contribution >= 0.6 is 11.5 Å². The van der Waals surface area contributed by atoms with Gasteiger partial charge in [-0.25, -0.2) is 4.39 Å². The van der Waals surface area contributed by atoms with E-state index in [4.69, 9.17) is 0 Å². The molecule has 1 aliphatic heterocycles. The van der Waals surface area contributed by atoms with Crippen molar-refractivity contribution in [3.63, 3.8) is 0 Å². The summed E-state index contributed by atoms with van der Waals surface area (Å²) >= 11 is 1.37. The van der Waals surface area contributed by atoms with Crippen LogP contribution in [-0.4, -0.2) is 27.6 Å². The van der Waals surface area contributed by atoms with E-state index in [9.17, 15) is 4.39 Å². The third-order valence-electron chi connectivity index (χ3n) is 1.97. The maximum atomic E-state index is 12.9. The van der Waals surface area contributed by atoms with Gasteiger partial charge in [0.25, 0.3) is 0 Å². The molecule has 70 valence electrons. The SMILES string of the molecule is FC1=CCCN(Cc2cnns2)C1. The zero-order chi connectivity index (χ0) is 9.10. The molecule has 2 rings (SSSR count). The highest BCUT2D eigenvalue weighted by Crippen LogP contribution is 2.14. The average Bonchev–Trinajstić information content (AvgIpc) is 2.57. The topological polar surface area (TPSA) is 29.0 Å². The van der Waals surface area contributed by atoms with E-state index in [2.05, 4.69) is 14.5 Å². The van der Waals surface area contributed by atoms with Crippen LogP contribution in [0.3, 0.4) is 0 Å². The first-order valence-corrected chi connectivity index (χ1v) is 4.95. The normalized spacial score (nSPS) is 18.7. The minimum Gasteiger partial charge on any atom is -0.291 e. The fraction of sp³-hybridized carbons (Fsp3) is 0.500. The second-order valence-corrected chi connectivity index (χ2v) is 3.90. The van der Waals surface area contributed by atoms with Crippen LogP contribution < -0.4 is 0 Å². The van der Waals surface area contributed by atoms with Gasteiger partial charge in [-0.2, -0.15) is 0 Å². The second kappa shape index (κ2) is 3.93. The summed E-state index contributed by atoms with van der Waals surface area (Å²) in [5.41, 5.74) is 0. The first kappa shape index (κ1) is 8.77. The molecule has 0 aromatic carbocycles. The quantitative estimate of drug-likeness (QED) is 0.724. The molecule has 3 nitrogen and oxygen atoms in total. The van der Waals surface area contributed by atoms with Gasteiger partial charge >= 0.3 is 0 Å². The maximum Gasteiger partial charge on any atom is 0.110 e. The lowest BCUT2D eigenvalue weighted by Gasteiger charge is -2.22. The predicted molar refractivity (Wildman–Crippen MR) is 49.0 cm³/mol. The summed E-state index contributed by atoms with van der Waals surface area (Å²) in [5.74, 6) is -0.0243. The van der Waals surface area contributed by atoms with Crippen molar-refractivity contribution in [2.75, 3.05) is 13.1 Å². The molecule has 0 amide bonds. The molecule has 1 aliphatic rings. The lowest BCUT2D eigenvalue weighted by Crippen LogP contribution is -2.28. The highest BCUT2D eigenvalue weighted by atomic mass is 32.1. The molecular weight excluding hydrogens is 189 g/mol. The summed E-state index contributed by atoms with van der Waals surface area (Å²) in [5, 5.41) is 3.74. The monoisotopic (exact) mass is 199 g/mol. The Morgan fingerprint density at radius 3 is 3.23 bits per heavy atom. The molecule has 13 heavy (non-hydrogen) atoms. The second-order valence-electron chi connectivity index (χ2n) is 3.03. The van der Waals surface area contributed by atoms with Crippen molar-refractivity contribution < 1.29 is 4.39 Å². The van der Waals surface area contributed by atoms with Gasteiger partial charge in [0.15, 0.2) is 0 Å². The fourth-order valence-corrected chi connectivity index (χ4v) is 1.91. The smallest absolute Gasteiger partial charge is 0.110 e. The Balaban J connectivity index is 1.93. The van der Waals surface area contributed by atoms with E-state index < -0.39 is 0 Å². The van der Waals surface area contributed by atoms with Crippen LogP contribution in [0.5, 0.6) is 0 Å². The van der Waals surface area contributed by atoms with E-state index in [1.165, 1.54) is 11.5 Å². The van der Waals surface area contributed by atoms with Crippen molar-refractivity contribution in [2.24, 2.45) is 0 Å². The lowest BCUT2D eigenvalue weighted by molar-refractivity contribution is 0.261. The largest absolute Gasteiger partial charge is 0.291 e. The molecule has 0 N–H and O–H groups in total. The first-order chi connectivity index (χ1) is 6.34. The van der Waals surface area contributed by atoms with Crippen LogP contribution in [0, 0.1) is 0 Å².